The molecule has 0 atom stereocenters. The molecule has 1 heterocycles. The summed E-state index contributed by atoms with van der Waals surface area (Å²) in [5.41, 5.74) is 7.12. The van der Waals surface area contributed by atoms with Crippen molar-refractivity contribution in [1.29, 1.82) is 0 Å². The second-order valence-electron chi connectivity index (χ2n) is 5.14. The smallest absolute Gasteiger partial charge is 0.256 e. The number of amides is 1. The average molecular weight is 285 g/mol. The van der Waals surface area contributed by atoms with Gasteiger partial charge in [-0.2, -0.15) is 0 Å². The van der Waals surface area contributed by atoms with Crippen molar-refractivity contribution in [3.8, 4) is 0 Å². The molecular weight excluding hydrogens is 262 g/mol. The van der Waals surface area contributed by atoms with Crippen LogP contribution in [-0.4, -0.2) is 34.9 Å². The molecule has 1 aromatic heterocycles. The summed E-state index contributed by atoms with van der Waals surface area (Å²) in [6.45, 7) is 5.26. The molecule has 21 heavy (non-hydrogen) atoms. The van der Waals surface area contributed by atoms with E-state index in [-0.39, 0.29) is 11.9 Å². The Kier molecular flexibility index (Phi) is 5.28. The number of benzene rings is 1. The minimum absolute atomic E-state index is 0.0263. The first-order valence-electron chi connectivity index (χ1n) is 7.57. The number of carbonyl (C=O) groups is 1. The monoisotopic (exact) mass is 285 g/mol. The summed E-state index contributed by atoms with van der Waals surface area (Å²) >= 11 is 0. The maximum atomic E-state index is 12.9. The van der Waals surface area contributed by atoms with E-state index in [4.69, 9.17) is 5.73 Å². The number of pyridine rings is 1. The number of hydrogen-bond acceptors (Lipinski definition) is 3. The van der Waals surface area contributed by atoms with Gasteiger partial charge in [-0.25, -0.2) is 0 Å². The molecule has 4 nitrogen and oxygen atoms in total. The molecule has 0 saturated heterocycles. The lowest BCUT2D eigenvalue weighted by Gasteiger charge is -2.30. The van der Waals surface area contributed by atoms with Crippen molar-refractivity contribution in [3.63, 3.8) is 0 Å². The second kappa shape index (κ2) is 7.18. The van der Waals surface area contributed by atoms with Gasteiger partial charge in [0.2, 0.25) is 0 Å². The Bertz CT molecular complexity index is 603. The Hall–Kier alpha value is -1.94. The van der Waals surface area contributed by atoms with Crippen molar-refractivity contribution >= 4 is 16.8 Å². The number of rotatable bonds is 6. The van der Waals surface area contributed by atoms with Crippen LogP contribution in [0.15, 0.2) is 36.5 Å². The number of carbonyl (C=O) groups excluding carboxylic acids is 1. The summed E-state index contributed by atoms with van der Waals surface area (Å²) in [5, 5.41) is 0.987. The number of fused-ring (bicyclic) bond motifs is 1. The number of para-hydroxylation sites is 1. The van der Waals surface area contributed by atoms with E-state index in [0.717, 1.165) is 23.7 Å². The Morgan fingerprint density at radius 2 is 1.95 bits per heavy atom. The van der Waals surface area contributed by atoms with Crippen LogP contribution in [0.3, 0.4) is 0 Å². The molecule has 0 spiro atoms. The molecule has 0 aliphatic rings. The first kappa shape index (κ1) is 15.4. The lowest BCUT2D eigenvalue weighted by Crippen LogP contribution is -2.42. The van der Waals surface area contributed by atoms with Crippen LogP contribution in [0.25, 0.3) is 10.9 Å². The fraction of sp³-hybridized carbons (Fsp3) is 0.412. The standard InChI is InChI=1S/C17H23N3O/c1-3-14(4-2)20(12-10-18)17(21)15-9-5-7-13-8-6-11-19-16(13)15/h5-9,11,14H,3-4,10,12,18H2,1-2H3. The van der Waals surface area contributed by atoms with Crippen LogP contribution in [0.5, 0.6) is 0 Å². The third-order valence-electron chi connectivity index (χ3n) is 3.88. The zero-order valence-corrected chi connectivity index (χ0v) is 12.7. The van der Waals surface area contributed by atoms with Crippen molar-refractivity contribution in [3.05, 3.63) is 42.1 Å². The molecular formula is C17H23N3O. The Morgan fingerprint density at radius 1 is 1.24 bits per heavy atom. The Labute approximate surface area is 126 Å². The van der Waals surface area contributed by atoms with Crippen LogP contribution >= 0.6 is 0 Å². The summed E-state index contributed by atoms with van der Waals surface area (Å²) in [7, 11) is 0. The SMILES string of the molecule is CCC(CC)N(CCN)C(=O)c1cccc2cccnc12. The average Bonchev–Trinajstić information content (AvgIpc) is 2.54. The first-order valence-corrected chi connectivity index (χ1v) is 7.57. The highest BCUT2D eigenvalue weighted by Gasteiger charge is 2.23. The van der Waals surface area contributed by atoms with Gasteiger partial charge in [0.05, 0.1) is 11.1 Å². The van der Waals surface area contributed by atoms with Gasteiger partial charge >= 0.3 is 0 Å². The zero-order chi connectivity index (χ0) is 15.2. The van der Waals surface area contributed by atoms with Gasteiger partial charge in [-0.05, 0) is 25.0 Å². The van der Waals surface area contributed by atoms with E-state index >= 15 is 0 Å². The maximum absolute atomic E-state index is 12.9. The van der Waals surface area contributed by atoms with E-state index < -0.39 is 0 Å². The number of aromatic nitrogens is 1. The molecule has 2 N–H and O–H groups in total. The van der Waals surface area contributed by atoms with Crippen LogP contribution in [0, 0.1) is 0 Å². The van der Waals surface area contributed by atoms with Crippen molar-refractivity contribution in [1.82, 2.24) is 9.88 Å². The van der Waals surface area contributed by atoms with E-state index in [0.29, 0.717) is 18.7 Å². The van der Waals surface area contributed by atoms with Gasteiger partial charge in [0, 0.05) is 30.7 Å². The van der Waals surface area contributed by atoms with Crippen molar-refractivity contribution < 1.29 is 4.79 Å². The fourth-order valence-corrected chi connectivity index (χ4v) is 2.75. The quantitative estimate of drug-likeness (QED) is 0.888. The van der Waals surface area contributed by atoms with Gasteiger partial charge in [0.25, 0.3) is 5.91 Å². The highest BCUT2D eigenvalue weighted by atomic mass is 16.2. The summed E-state index contributed by atoms with van der Waals surface area (Å²) in [4.78, 5) is 19.2. The van der Waals surface area contributed by atoms with Crippen molar-refractivity contribution in [2.45, 2.75) is 32.7 Å². The van der Waals surface area contributed by atoms with E-state index in [1.54, 1.807) is 6.20 Å². The fourth-order valence-electron chi connectivity index (χ4n) is 2.75. The summed E-state index contributed by atoms with van der Waals surface area (Å²) in [6.07, 6.45) is 3.59. The third kappa shape index (κ3) is 3.22. The first-order chi connectivity index (χ1) is 10.2. The van der Waals surface area contributed by atoms with E-state index in [1.807, 2.05) is 35.2 Å². The predicted octanol–water partition coefficient (Wildman–Crippen LogP) is 2.82. The molecule has 0 aliphatic heterocycles. The van der Waals surface area contributed by atoms with Crippen molar-refractivity contribution in [2.75, 3.05) is 13.1 Å². The van der Waals surface area contributed by atoms with Crippen molar-refractivity contribution in [2.24, 2.45) is 5.73 Å². The lowest BCUT2D eigenvalue weighted by atomic mass is 10.1. The Morgan fingerprint density at radius 3 is 2.62 bits per heavy atom. The maximum Gasteiger partial charge on any atom is 0.256 e. The molecule has 2 rings (SSSR count). The molecule has 0 saturated carbocycles. The normalized spacial score (nSPS) is 11.0. The van der Waals surface area contributed by atoms with Gasteiger partial charge in [0.15, 0.2) is 0 Å². The molecule has 0 unspecified atom stereocenters. The van der Waals surface area contributed by atoms with Gasteiger partial charge in [0.1, 0.15) is 0 Å². The minimum Gasteiger partial charge on any atom is -0.334 e. The van der Waals surface area contributed by atoms with E-state index in [2.05, 4.69) is 18.8 Å². The van der Waals surface area contributed by atoms with Crippen LogP contribution in [0.1, 0.15) is 37.0 Å². The third-order valence-corrected chi connectivity index (χ3v) is 3.88. The molecule has 1 amide bonds. The number of nitrogens with two attached hydrogens (primary N) is 1. The number of hydrogen-bond donors (Lipinski definition) is 1. The van der Waals surface area contributed by atoms with Gasteiger partial charge in [-0.15, -0.1) is 0 Å². The van der Waals surface area contributed by atoms with Crippen LogP contribution in [0.4, 0.5) is 0 Å². The molecule has 0 fully saturated rings. The zero-order valence-electron chi connectivity index (χ0n) is 12.7. The van der Waals surface area contributed by atoms with Crippen LogP contribution in [-0.2, 0) is 0 Å². The van der Waals surface area contributed by atoms with E-state index in [1.165, 1.54) is 0 Å². The summed E-state index contributed by atoms with van der Waals surface area (Å²) < 4.78 is 0. The molecule has 0 radical (unpaired) electrons. The second-order valence-corrected chi connectivity index (χ2v) is 5.14. The topological polar surface area (TPSA) is 59.2 Å². The van der Waals surface area contributed by atoms with Gasteiger partial charge in [-0.3, -0.25) is 9.78 Å². The molecule has 0 aliphatic carbocycles. The highest BCUT2D eigenvalue weighted by Crippen LogP contribution is 2.20. The van der Waals surface area contributed by atoms with Crippen LogP contribution in [0.2, 0.25) is 0 Å². The summed E-state index contributed by atoms with van der Waals surface area (Å²) in [5.74, 6) is 0.0263. The number of nitrogens with zero attached hydrogens (tertiary/aromatic N) is 2. The highest BCUT2D eigenvalue weighted by molar-refractivity contribution is 6.05. The van der Waals surface area contributed by atoms with Crippen LogP contribution < -0.4 is 5.73 Å². The predicted molar refractivity (Wildman–Crippen MR) is 86.2 cm³/mol. The lowest BCUT2D eigenvalue weighted by molar-refractivity contribution is 0.0676. The largest absolute Gasteiger partial charge is 0.334 e. The minimum atomic E-state index is 0.0263. The molecule has 4 heteroatoms. The van der Waals surface area contributed by atoms with Gasteiger partial charge < -0.3 is 10.6 Å². The molecule has 112 valence electrons. The Balaban J connectivity index is 2.43. The molecule has 0 bridgehead atoms. The molecule has 1 aromatic carbocycles. The van der Waals surface area contributed by atoms with E-state index in [9.17, 15) is 4.79 Å². The molecule has 2 aromatic rings. The van der Waals surface area contributed by atoms with Gasteiger partial charge in [-0.1, -0.05) is 32.0 Å². The summed E-state index contributed by atoms with van der Waals surface area (Å²) in [6, 6.07) is 9.82.